The fourth-order valence-electron chi connectivity index (χ4n) is 2.92. The Labute approximate surface area is 156 Å². The number of hydrogen-bond donors (Lipinski definition) is 0. The summed E-state index contributed by atoms with van der Waals surface area (Å²) in [5, 5.41) is 0. The summed E-state index contributed by atoms with van der Waals surface area (Å²) in [5.41, 5.74) is 1.93. The molecular weight excluding hydrogens is 342 g/mol. The molecule has 2 aromatic carbocycles. The molecule has 1 aliphatic heterocycles. The molecule has 4 rings (SSSR count). The van der Waals surface area contributed by atoms with Gasteiger partial charge in [-0.15, -0.1) is 0 Å². The van der Waals surface area contributed by atoms with Gasteiger partial charge in [0.2, 0.25) is 0 Å². The molecule has 0 atom stereocenters. The summed E-state index contributed by atoms with van der Waals surface area (Å²) in [7, 11) is 0. The number of rotatable bonds is 6. The number of amides is 2. The normalized spacial score (nSPS) is 13.4. The number of benzene rings is 2. The molecule has 27 heavy (non-hydrogen) atoms. The van der Waals surface area contributed by atoms with Crippen LogP contribution in [-0.2, 0) is 0 Å². The van der Waals surface area contributed by atoms with Crippen molar-refractivity contribution < 1.29 is 14.3 Å². The zero-order valence-electron chi connectivity index (χ0n) is 14.5. The van der Waals surface area contributed by atoms with Gasteiger partial charge in [-0.05, 0) is 42.5 Å². The van der Waals surface area contributed by atoms with Crippen LogP contribution in [0, 0.1) is 0 Å². The first kappa shape index (κ1) is 16.8. The third-order valence-corrected chi connectivity index (χ3v) is 4.32. The van der Waals surface area contributed by atoms with Crippen molar-refractivity contribution in [1.82, 2.24) is 14.5 Å². The largest absolute Gasteiger partial charge is 0.490 e. The molecule has 0 radical (unpaired) electrons. The predicted octanol–water partition coefficient (Wildman–Crippen LogP) is 3.10. The molecule has 0 bridgehead atoms. The minimum atomic E-state index is -0.253. The number of fused-ring (bicyclic) bond motifs is 1. The van der Waals surface area contributed by atoms with Crippen LogP contribution in [0.25, 0.3) is 5.69 Å². The van der Waals surface area contributed by atoms with Gasteiger partial charge >= 0.3 is 0 Å². The average molecular weight is 359 g/mol. The highest BCUT2D eigenvalue weighted by Crippen LogP contribution is 2.22. The van der Waals surface area contributed by atoms with Crippen LogP contribution in [0.3, 0.4) is 0 Å². The third-order valence-electron chi connectivity index (χ3n) is 4.32. The number of carbonyl (C=O) groups excluding carboxylic acids is 2. The van der Waals surface area contributed by atoms with Crippen molar-refractivity contribution in [2.75, 3.05) is 13.2 Å². The summed E-state index contributed by atoms with van der Waals surface area (Å²) in [5.74, 6) is 0.233. The first-order valence-electron chi connectivity index (χ1n) is 8.55. The van der Waals surface area contributed by atoms with Crippen LogP contribution in [0.4, 0.5) is 0 Å². The second-order valence-electron chi connectivity index (χ2n) is 6.01. The minimum absolute atomic E-state index is 0.231. The number of imidazole rings is 1. The first-order chi connectivity index (χ1) is 13.2. The van der Waals surface area contributed by atoms with Crippen LogP contribution in [-0.4, -0.2) is 39.4 Å². The molecule has 6 nitrogen and oxygen atoms in total. The molecule has 0 unspecified atom stereocenters. The summed E-state index contributed by atoms with van der Waals surface area (Å²) in [6.07, 6.45) is 8.90. The number of aromatic nitrogens is 2. The molecule has 1 aliphatic rings. The Morgan fingerprint density at radius 3 is 2.26 bits per heavy atom. The first-order valence-corrected chi connectivity index (χ1v) is 8.55. The van der Waals surface area contributed by atoms with Crippen LogP contribution >= 0.6 is 0 Å². The van der Waals surface area contributed by atoms with Crippen LogP contribution < -0.4 is 4.74 Å². The lowest BCUT2D eigenvalue weighted by molar-refractivity contribution is 0.0671. The van der Waals surface area contributed by atoms with E-state index >= 15 is 0 Å². The van der Waals surface area contributed by atoms with Crippen molar-refractivity contribution in [3.63, 3.8) is 0 Å². The van der Waals surface area contributed by atoms with E-state index in [0.29, 0.717) is 17.7 Å². The van der Waals surface area contributed by atoms with Gasteiger partial charge in [0, 0.05) is 24.6 Å². The Hall–Kier alpha value is -3.67. The van der Waals surface area contributed by atoms with Crippen molar-refractivity contribution in [1.29, 1.82) is 0 Å². The van der Waals surface area contributed by atoms with E-state index < -0.39 is 0 Å². The van der Waals surface area contributed by atoms with Crippen molar-refractivity contribution >= 4 is 11.8 Å². The number of imide groups is 1. The molecule has 0 saturated heterocycles. The van der Waals surface area contributed by atoms with Crippen molar-refractivity contribution in [2.24, 2.45) is 0 Å². The van der Waals surface area contributed by atoms with Crippen LogP contribution in [0.15, 0.2) is 79.4 Å². The quantitative estimate of drug-likeness (QED) is 0.501. The van der Waals surface area contributed by atoms with Gasteiger partial charge < -0.3 is 9.30 Å². The van der Waals surface area contributed by atoms with E-state index in [4.69, 9.17) is 4.74 Å². The van der Waals surface area contributed by atoms with Crippen LogP contribution in [0.5, 0.6) is 5.75 Å². The molecule has 0 aliphatic carbocycles. The van der Waals surface area contributed by atoms with Gasteiger partial charge in [0.05, 0.1) is 17.5 Å². The minimum Gasteiger partial charge on any atom is -0.490 e. The van der Waals surface area contributed by atoms with E-state index in [9.17, 15) is 9.59 Å². The summed E-state index contributed by atoms with van der Waals surface area (Å²) >= 11 is 0. The Morgan fingerprint density at radius 1 is 0.926 bits per heavy atom. The van der Waals surface area contributed by atoms with Crippen molar-refractivity contribution in [3.8, 4) is 11.4 Å². The van der Waals surface area contributed by atoms with Crippen LogP contribution in [0.2, 0.25) is 0 Å². The van der Waals surface area contributed by atoms with Gasteiger partial charge in [-0.3, -0.25) is 14.5 Å². The molecular formula is C21H17N3O3. The lowest BCUT2D eigenvalue weighted by Gasteiger charge is -2.10. The average Bonchev–Trinajstić information content (AvgIpc) is 3.32. The van der Waals surface area contributed by atoms with Gasteiger partial charge in [-0.2, -0.15) is 0 Å². The van der Waals surface area contributed by atoms with Gasteiger partial charge in [0.25, 0.3) is 11.8 Å². The lowest BCUT2D eigenvalue weighted by Crippen LogP contribution is -2.29. The summed E-state index contributed by atoms with van der Waals surface area (Å²) < 4.78 is 7.57. The molecule has 0 saturated carbocycles. The lowest BCUT2D eigenvalue weighted by atomic mass is 10.1. The third kappa shape index (κ3) is 3.37. The summed E-state index contributed by atoms with van der Waals surface area (Å²) in [6.45, 7) is 0.586. The van der Waals surface area contributed by atoms with E-state index in [0.717, 1.165) is 11.4 Å². The smallest absolute Gasteiger partial charge is 0.261 e. The fraction of sp³-hybridized carbons (Fsp3) is 0.0952. The maximum atomic E-state index is 12.3. The van der Waals surface area contributed by atoms with Gasteiger partial charge in [-0.1, -0.05) is 18.2 Å². The monoisotopic (exact) mass is 359 g/mol. The van der Waals surface area contributed by atoms with E-state index in [2.05, 4.69) is 4.98 Å². The van der Waals surface area contributed by atoms with E-state index in [-0.39, 0.29) is 18.4 Å². The Morgan fingerprint density at radius 2 is 1.63 bits per heavy atom. The van der Waals surface area contributed by atoms with Gasteiger partial charge in [-0.25, -0.2) is 4.98 Å². The van der Waals surface area contributed by atoms with Crippen molar-refractivity contribution in [3.05, 3.63) is 90.5 Å². The highest BCUT2D eigenvalue weighted by atomic mass is 16.5. The maximum Gasteiger partial charge on any atom is 0.261 e. The Balaban J connectivity index is 1.29. The zero-order valence-corrected chi connectivity index (χ0v) is 14.5. The molecule has 0 spiro atoms. The molecule has 2 amide bonds. The number of hydrogen-bond acceptors (Lipinski definition) is 4. The van der Waals surface area contributed by atoms with Crippen molar-refractivity contribution in [2.45, 2.75) is 0 Å². The summed E-state index contributed by atoms with van der Waals surface area (Å²) in [4.78, 5) is 29.8. The number of ether oxygens (including phenoxy) is 1. The standard InChI is InChI=1S/C21H17N3O3/c25-20-18-5-1-2-6-19(18)21(26)24(20)12-3-4-14-27-17-9-7-16(8-10-17)23-13-11-22-15-23/h1-11,13,15H,12,14H2/b4-3+. The van der Waals surface area contributed by atoms with Gasteiger partial charge in [0.15, 0.2) is 0 Å². The molecule has 0 N–H and O–H groups in total. The zero-order chi connectivity index (χ0) is 18.6. The second-order valence-corrected chi connectivity index (χ2v) is 6.01. The summed E-state index contributed by atoms with van der Waals surface area (Å²) in [6, 6.07) is 14.5. The second kappa shape index (κ2) is 7.29. The van der Waals surface area contributed by atoms with E-state index in [1.807, 2.05) is 35.0 Å². The Bertz CT molecular complexity index is 957. The molecule has 134 valence electrons. The molecule has 2 heterocycles. The molecule has 1 aromatic heterocycles. The van der Waals surface area contributed by atoms with E-state index in [1.165, 1.54) is 4.90 Å². The molecule has 3 aromatic rings. The number of carbonyl (C=O) groups is 2. The van der Waals surface area contributed by atoms with Gasteiger partial charge in [0.1, 0.15) is 12.4 Å². The predicted molar refractivity (Wildman–Crippen MR) is 100 cm³/mol. The Kier molecular flexibility index (Phi) is 4.53. The fourth-order valence-corrected chi connectivity index (χ4v) is 2.92. The highest BCUT2D eigenvalue weighted by Gasteiger charge is 2.33. The topological polar surface area (TPSA) is 64.4 Å². The molecule has 6 heteroatoms. The van der Waals surface area contributed by atoms with E-state index in [1.54, 1.807) is 48.9 Å². The maximum absolute atomic E-state index is 12.3. The SMILES string of the molecule is O=C1c2ccccc2C(=O)N1C/C=C/COc1ccc(-n2ccnc2)cc1. The van der Waals surface area contributed by atoms with Crippen LogP contribution in [0.1, 0.15) is 20.7 Å². The highest BCUT2D eigenvalue weighted by molar-refractivity contribution is 6.21. The number of nitrogens with zero attached hydrogens (tertiary/aromatic N) is 3. The molecule has 0 fully saturated rings.